The predicted octanol–water partition coefficient (Wildman–Crippen LogP) is 3.80. The Hall–Kier alpha value is -4.35. The Labute approximate surface area is 239 Å². The number of fused-ring (bicyclic) bond motifs is 5. The minimum absolute atomic E-state index is 0.210. The Kier molecular flexibility index (Phi) is 5.84. The second-order valence-corrected chi connectivity index (χ2v) is 11.3. The average molecular weight is 573 g/mol. The molecule has 2 aliphatic heterocycles. The molecule has 2 saturated heterocycles. The lowest BCUT2D eigenvalue weighted by atomic mass is 10.00. The minimum Gasteiger partial charge on any atom is -0.477 e. The summed E-state index contributed by atoms with van der Waals surface area (Å²) in [5, 5.41) is 15.7. The number of H-pyrrole nitrogens is 1. The fraction of sp³-hybridized carbons (Fsp3) is 0.310. The van der Waals surface area contributed by atoms with Crippen molar-refractivity contribution in [3.8, 4) is 11.1 Å². The molecule has 0 bridgehead atoms. The molecule has 1 aromatic carbocycles. The number of pyridine rings is 3. The van der Waals surface area contributed by atoms with Gasteiger partial charge >= 0.3 is 5.97 Å². The Bertz CT molecular complexity index is 1950. The maximum Gasteiger partial charge on any atom is 0.341 e. The third-order valence-electron chi connectivity index (χ3n) is 8.58. The Morgan fingerprint density at radius 3 is 2.73 bits per heavy atom. The lowest BCUT2D eigenvalue weighted by Gasteiger charge is -2.29. The van der Waals surface area contributed by atoms with Crippen molar-refractivity contribution in [2.24, 2.45) is 5.92 Å². The van der Waals surface area contributed by atoms with Crippen molar-refractivity contribution in [3.63, 3.8) is 0 Å². The summed E-state index contributed by atoms with van der Waals surface area (Å²) in [5.74, 6) is -0.743. The van der Waals surface area contributed by atoms with Gasteiger partial charge in [0.2, 0.25) is 5.43 Å². The van der Waals surface area contributed by atoms with Gasteiger partial charge in [0.15, 0.2) is 5.65 Å². The van der Waals surface area contributed by atoms with Crippen molar-refractivity contribution in [3.05, 3.63) is 57.6 Å². The number of hydrogen-bond acceptors (Lipinski definition) is 8. The standard InChI is InChI=1S/C29H29ClN8O3/c1-31-21-8-16(30)7-17-23-25(37-5-4-14-11-36(3)13-22(14)37)19(10-33-27(23)35-24(17)21)15-6-18-26(39)20(29(40)41)12-38(32-2)28(18)34-9-15/h6-10,12,14,22,31-32H,4-5,11,13H2,1-3H3,(H,33,35)(H,40,41). The van der Waals surface area contributed by atoms with E-state index in [2.05, 4.69) is 37.6 Å². The summed E-state index contributed by atoms with van der Waals surface area (Å²) in [6.45, 7) is 2.88. The molecule has 11 nitrogen and oxygen atoms in total. The van der Waals surface area contributed by atoms with Gasteiger partial charge in [0.05, 0.1) is 27.7 Å². The molecule has 2 atom stereocenters. The SMILES string of the molecule is CNc1cc(Cl)cc2c1[nH]c1ncc(-c3cnc4c(c3)c(=O)c(C(=O)O)cn4NC)c(N3CCC4CN(C)CC43)c12. The van der Waals surface area contributed by atoms with E-state index in [1.807, 2.05) is 25.4 Å². The van der Waals surface area contributed by atoms with Crippen molar-refractivity contribution in [2.75, 3.05) is 56.4 Å². The van der Waals surface area contributed by atoms with Crippen LogP contribution in [0.3, 0.4) is 0 Å². The summed E-state index contributed by atoms with van der Waals surface area (Å²) in [7, 11) is 5.66. The summed E-state index contributed by atoms with van der Waals surface area (Å²) in [6.07, 6.45) is 5.88. The topological polar surface area (TPSA) is 131 Å². The van der Waals surface area contributed by atoms with Gasteiger partial charge in [-0.05, 0) is 37.6 Å². The van der Waals surface area contributed by atoms with E-state index in [1.165, 1.54) is 10.9 Å². The van der Waals surface area contributed by atoms with E-state index in [0.29, 0.717) is 28.2 Å². The first kappa shape index (κ1) is 25.6. The number of aromatic amines is 1. The smallest absolute Gasteiger partial charge is 0.341 e. The van der Waals surface area contributed by atoms with Gasteiger partial charge in [0.25, 0.3) is 0 Å². The van der Waals surface area contributed by atoms with Crippen LogP contribution in [0.4, 0.5) is 11.4 Å². The number of benzene rings is 1. The van der Waals surface area contributed by atoms with E-state index in [1.54, 1.807) is 19.3 Å². The molecule has 5 aromatic rings. The maximum absolute atomic E-state index is 13.3. The lowest BCUT2D eigenvalue weighted by molar-refractivity contribution is 0.0695. The molecular weight excluding hydrogens is 544 g/mol. The third-order valence-corrected chi connectivity index (χ3v) is 8.80. The van der Waals surface area contributed by atoms with Crippen LogP contribution in [0.2, 0.25) is 5.02 Å². The molecular formula is C29H29ClN8O3. The summed E-state index contributed by atoms with van der Waals surface area (Å²) in [4.78, 5) is 43.0. The number of hydrogen-bond donors (Lipinski definition) is 4. The second kappa shape index (κ2) is 9.35. The highest BCUT2D eigenvalue weighted by Gasteiger charge is 2.41. The zero-order valence-electron chi connectivity index (χ0n) is 22.8. The quantitative estimate of drug-likeness (QED) is 0.248. The number of carboxylic acids is 1. The van der Waals surface area contributed by atoms with Gasteiger partial charge in [-0.15, -0.1) is 0 Å². The molecule has 4 aromatic heterocycles. The summed E-state index contributed by atoms with van der Waals surface area (Å²) in [6, 6.07) is 5.90. The van der Waals surface area contributed by atoms with Crippen molar-refractivity contribution in [2.45, 2.75) is 12.5 Å². The largest absolute Gasteiger partial charge is 0.477 e. The van der Waals surface area contributed by atoms with Crippen LogP contribution in [0.1, 0.15) is 16.8 Å². The normalized spacial score (nSPS) is 19.0. The third kappa shape index (κ3) is 3.83. The van der Waals surface area contributed by atoms with Crippen LogP contribution < -0.4 is 21.1 Å². The molecule has 0 amide bonds. The van der Waals surface area contributed by atoms with Gasteiger partial charge in [-0.2, -0.15) is 0 Å². The maximum atomic E-state index is 13.3. The number of carbonyl (C=O) groups is 1. The van der Waals surface area contributed by atoms with E-state index >= 15 is 0 Å². The van der Waals surface area contributed by atoms with Crippen LogP contribution in [0.25, 0.3) is 44.1 Å². The molecule has 12 heteroatoms. The van der Waals surface area contributed by atoms with E-state index < -0.39 is 11.4 Å². The fourth-order valence-corrected chi connectivity index (χ4v) is 6.96. The number of rotatable bonds is 5. The van der Waals surface area contributed by atoms with Crippen LogP contribution in [0, 0.1) is 5.92 Å². The Morgan fingerprint density at radius 1 is 1.15 bits per heavy atom. The molecule has 2 fully saturated rings. The molecule has 0 radical (unpaired) electrons. The number of aromatic nitrogens is 4. The lowest BCUT2D eigenvalue weighted by Crippen LogP contribution is -2.35. The number of likely N-dealkylation sites (tertiary alicyclic amines) is 1. The first-order chi connectivity index (χ1) is 19.8. The molecule has 2 aliphatic rings. The van der Waals surface area contributed by atoms with E-state index in [9.17, 15) is 14.7 Å². The summed E-state index contributed by atoms with van der Waals surface area (Å²) >= 11 is 6.59. The van der Waals surface area contributed by atoms with Gasteiger partial charge in [0.1, 0.15) is 11.2 Å². The highest BCUT2D eigenvalue weighted by atomic mass is 35.5. The predicted molar refractivity (Wildman–Crippen MR) is 162 cm³/mol. The van der Waals surface area contributed by atoms with Crippen molar-refractivity contribution >= 4 is 61.9 Å². The molecule has 7 rings (SSSR count). The molecule has 41 heavy (non-hydrogen) atoms. The number of halogens is 1. The summed E-state index contributed by atoms with van der Waals surface area (Å²) < 4.78 is 1.45. The summed E-state index contributed by atoms with van der Waals surface area (Å²) in [5.41, 5.74) is 7.38. The van der Waals surface area contributed by atoms with Crippen LogP contribution in [0.5, 0.6) is 0 Å². The van der Waals surface area contributed by atoms with E-state index in [0.717, 1.165) is 64.9 Å². The Balaban J connectivity index is 1.55. The van der Waals surface area contributed by atoms with Gasteiger partial charge < -0.3 is 30.6 Å². The molecule has 0 spiro atoms. The van der Waals surface area contributed by atoms with Crippen LogP contribution in [-0.4, -0.2) is 82.4 Å². The van der Waals surface area contributed by atoms with Crippen molar-refractivity contribution in [1.29, 1.82) is 0 Å². The molecule has 6 heterocycles. The van der Waals surface area contributed by atoms with Crippen LogP contribution in [0.15, 0.2) is 41.6 Å². The zero-order valence-corrected chi connectivity index (χ0v) is 23.6. The van der Waals surface area contributed by atoms with Crippen LogP contribution in [-0.2, 0) is 0 Å². The van der Waals surface area contributed by atoms with Gasteiger partial charge in [-0.25, -0.2) is 19.4 Å². The van der Waals surface area contributed by atoms with Gasteiger partial charge in [-0.1, -0.05) is 11.6 Å². The highest BCUT2D eigenvalue weighted by molar-refractivity contribution is 6.33. The van der Waals surface area contributed by atoms with Crippen molar-refractivity contribution in [1.82, 2.24) is 24.5 Å². The van der Waals surface area contributed by atoms with Crippen LogP contribution >= 0.6 is 11.6 Å². The number of likely N-dealkylation sites (N-methyl/N-ethyl adjacent to an activating group) is 1. The highest BCUT2D eigenvalue weighted by Crippen LogP contribution is 2.46. The molecule has 0 saturated carbocycles. The molecule has 2 unspecified atom stereocenters. The van der Waals surface area contributed by atoms with Crippen molar-refractivity contribution < 1.29 is 9.90 Å². The number of nitrogens with zero attached hydrogens (tertiary/aromatic N) is 5. The number of nitrogens with one attached hydrogen (secondary N) is 3. The molecule has 0 aliphatic carbocycles. The van der Waals surface area contributed by atoms with E-state index in [4.69, 9.17) is 16.6 Å². The monoisotopic (exact) mass is 572 g/mol. The van der Waals surface area contributed by atoms with E-state index in [-0.39, 0.29) is 10.9 Å². The zero-order chi connectivity index (χ0) is 28.6. The molecule has 210 valence electrons. The molecule has 4 N–H and O–H groups in total. The minimum atomic E-state index is -1.29. The first-order valence-electron chi connectivity index (χ1n) is 13.5. The number of anilines is 2. The van der Waals surface area contributed by atoms with Gasteiger partial charge in [-0.3, -0.25) is 4.79 Å². The van der Waals surface area contributed by atoms with Gasteiger partial charge in [0, 0.05) is 79.9 Å². The fourth-order valence-electron chi connectivity index (χ4n) is 6.75. The number of carboxylic acid groups (broad SMARTS) is 1. The first-order valence-corrected chi connectivity index (χ1v) is 13.9. The Morgan fingerprint density at radius 2 is 1.98 bits per heavy atom. The average Bonchev–Trinajstić information content (AvgIpc) is 3.64. The number of aromatic carboxylic acids is 1. The second-order valence-electron chi connectivity index (χ2n) is 10.9.